The van der Waals surface area contributed by atoms with Crippen LogP contribution >= 0.6 is 0 Å². The van der Waals surface area contributed by atoms with Gasteiger partial charge in [0.25, 0.3) is 0 Å². The fourth-order valence-electron chi connectivity index (χ4n) is 1.77. The maximum Gasteiger partial charge on any atom is 0.155 e. The normalized spacial score (nSPS) is 11.7. The Balaban J connectivity index is 2.89. The van der Waals surface area contributed by atoms with Crippen LogP contribution in [0.1, 0.15) is 45.1 Å². The quantitative estimate of drug-likeness (QED) is 0.537. The number of hydrogen-bond acceptors (Lipinski definition) is 1. The number of benzene rings is 1. The predicted octanol–water partition coefficient (Wildman–Crippen LogP) is 4.52. The van der Waals surface area contributed by atoms with Crippen LogP contribution in [0.3, 0.4) is 0 Å². The van der Waals surface area contributed by atoms with Gasteiger partial charge in [-0.3, -0.25) is 4.79 Å². The molecule has 0 unspecified atom stereocenters. The number of ketones is 1. The minimum atomic E-state index is -0.627. The van der Waals surface area contributed by atoms with Crippen LogP contribution in [0.15, 0.2) is 23.8 Å². The number of Topliss-reactive ketones (excluding diaryl/α,β-unsaturated/α-hetero) is 1. The van der Waals surface area contributed by atoms with E-state index in [1.165, 1.54) is 19.1 Å². The highest BCUT2D eigenvalue weighted by molar-refractivity contribution is 5.97. The summed E-state index contributed by atoms with van der Waals surface area (Å²) in [6, 6.07) is 3.28. The molecule has 0 heterocycles. The van der Waals surface area contributed by atoms with Crippen LogP contribution in [0.4, 0.5) is 8.78 Å². The molecule has 0 atom stereocenters. The van der Waals surface area contributed by atoms with Crippen LogP contribution < -0.4 is 0 Å². The minimum absolute atomic E-state index is 0.0456. The molecule has 0 radical (unpaired) electrons. The Hall–Kier alpha value is -1.51. The Morgan fingerprint density at radius 3 is 2.28 bits per heavy atom. The van der Waals surface area contributed by atoms with Crippen LogP contribution in [0.5, 0.6) is 0 Å². The zero-order valence-corrected chi connectivity index (χ0v) is 10.8. The largest absolute Gasteiger partial charge is 0.295 e. The number of carbonyl (C=O) groups is 1. The van der Waals surface area contributed by atoms with Crippen molar-refractivity contribution >= 4 is 11.9 Å². The molecule has 0 bridgehead atoms. The molecule has 98 valence electrons. The third kappa shape index (κ3) is 4.78. The van der Waals surface area contributed by atoms with Gasteiger partial charge in [-0.15, -0.1) is 0 Å². The molecule has 0 aliphatic rings. The lowest BCUT2D eigenvalue weighted by atomic mass is 10.0. The minimum Gasteiger partial charge on any atom is -0.295 e. The van der Waals surface area contributed by atoms with E-state index in [1.54, 1.807) is 6.08 Å². The molecular weight excluding hydrogens is 234 g/mol. The van der Waals surface area contributed by atoms with Crippen LogP contribution in [-0.4, -0.2) is 5.78 Å². The van der Waals surface area contributed by atoms with Crippen molar-refractivity contribution in [1.29, 1.82) is 0 Å². The van der Waals surface area contributed by atoms with E-state index in [1.807, 2.05) is 0 Å². The monoisotopic (exact) mass is 252 g/mol. The van der Waals surface area contributed by atoms with E-state index in [9.17, 15) is 13.6 Å². The van der Waals surface area contributed by atoms with Gasteiger partial charge in [-0.25, -0.2) is 8.78 Å². The van der Waals surface area contributed by atoms with E-state index in [0.717, 1.165) is 25.3 Å². The van der Waals surface area contributed by atoms with Gasteiger partial charge < -0.3 is 0 Å². The Kier molecular flexibility index (Phi) is 5.69. The van der Waals surface area contributed by atoms with Crippen molar-refractivity contribution in [1.82, 2.24) is 0 Å². The van der Waals surface area contributed by atoms with Crippen molar-refractivity contribution in [3.8, 4) is 0 Å². The van der Waals surface area contributed by atoms with Gasteiger partial charge in [-0.05, 0) is 49.1 Å². The highest BCUT2D eigenvalue weighted by Gasteiger charge is 2.05. The van der Waals surface area contributed by atoms with Gasteiger partial charge in [0.2, 0.25) is 0 Å². The Bertz CT molecular complexity index is 430. The number of hydrogen-bond donors (Lipinski definition) is 0. The molecular formula is C15H18F2O. The van der Waals surface area contributed by atoms with Crippen LogP contribution in [0, 0.1) is 11.6 Å². The van der Waals surface area contributed by atoms with Crippen LogP contribution in [0.25, 0.3) is 6.08 Å². The second-order valence-electron chi connectivity index (χ2n) is 4.39. The fraction of sp³-hybridized carbons (Fsp3) is 0.400. The second-order valence-corrected chi connectivity index (χ2v) is 4.39. The van der Waals surface area contributed by atoms with Crippen LogP contribution in [-0.2, 0) is 4.79 Å². The van der Waals surface area contributed by atoms with E-state index in [4.69, 9.17) is 0 Å². The summed E-state index contributed by atoms with van der Waals surface area (Å²) in [7, 11) is 0. The first kappa shape index (κ1) is 14.6. The van der Waals surface area contributed by atoms with Crippen LogP contribution in [0.2, 0.25) is 0 Å². The van der Waals surface area contributed by atoms with Gasteiger partial charge in [0, 0.05) is 6.07 Å². The van der Waals surface area contributed by atoms with Crippen molar-refractivity contribution in [2.24, 2.45) is 0 Å². The standard InChI is InChI=1S/C15H18F2O/c1-3-4-5-6-13(11(2)18)7-12-8-14(16)10-15(17)9-12/h7-10H,3-6H2,1-2H3/b13-7+. The molecule has 0 spiro atoms. The van der Waals surface area contributed by atoms with Crippen molar-refractivity contribution < 1.29 is 13.6 Å². The molecule has 1 aromatic carbocycles. The lowest BCUT2D eigenvalue weighted by Gasteiger charge is -2.04. The number of carbonyl (C=O) groups excluding carboxylic acids is 1. The number of unbranched alkanes of at least 4 members (excludes halogenated alkanes) is 2. The maximum absolute atomic E-state index is 13.0. The lowest BCUT2D eigenvalue weighted by molar-refractivity contribution is -0.113. The number of allylic oxidation sites excluding steroid dienone is 1. The molecule has 3 heteroatoms. The molecule has 18 heavy (non-hydrogen) atoms. The van der Waals surface area contributed by atoms with E-state index in [-0.39, 0.29) is 5.78 Å². The van der Waals surface area contributed by atoms with Gasteiger partial charge >= 0.3 is 0 Å². The smallest absolute Gasteiger partial charge is 0.155 e. The molecule has 1 aromatic rings. The summed E-state index contributed by atoms with van der Waals surface area (Å²) >= 11 is 0. The predicted molar refractivity (Wildman–Crippen MR) is 69.2 cm³/mol. The zero-order chi connectivity index (χ0) is 13.5. The summed E-state index contributed by atoms with van der Waals surface area (Å²) in [6.45, 7) is 3.56. The first-order valence-electron chi connectivity index (χ1n) is 6.20. The third-order valence-corrected chi connectivity index (χ3v) is 2.73. The Morgan fingerprint density at radius 2 is 1.78 bits per heavy atom. The molecule has 0 fully saturated rings. The summed E-state index contributed by atoms with van der Waals surface area (Å²) in [5, 5.41) is 0. The van der Waals surface area contributed by atoms with Gasteiger partial charge in [-0.2, -0.15) is 0 Å². The highest BCUT2D eigenvalue weighted by Crippen LogP contribution is 2.16. The number of halogens is 2. The third-order valence-electron chi connectivity index (χ3n) is 2.73. The van der Waals surface area contributed by atoms with Crippen molar-refractivity contribution in [3.63, 3.8) is 0 Å². The Labute approximate surface area is 107 Å². The SMILES string of the molecule is CCCCC/C(=C\c1cc(F)cc(F)c1)C(C)=O. The molecule has 0 amide bonds. The van der Waals surface area contributed by atoms with E-state index in [0.29, 0.717) is 17.6 Å². The van der Waals surface area contributed by atoms with Crippen molar-refractivity contribution in [3.05, 3.63) is 41.0 Å². The van der Waals surface area contributed by atoms with Gasteiger partial charge in [-0.1, -0.05) is 19.8 Å². The second kappa shape index (κ2) is 7.04. The summed E-state index contributed by atoms with van der Waals surface area (Å²) in [6.07, 6.45) is 5.26. The summed E-state index contributed by atoms with van der Waals surface area (Å²) < 4.78 is 26.1. The molecule has 0 saturated carbocycles. The van der Waals surface area contributed by atoms with E-state index < -0.39 is 11.6 Å². The average molecular weight is 252 g/mol. The fourth-order valence-corrected chi connectivity index (χ4v) is 1.77. The van der Waals surface area contributed by atoms with Crippen molar-refractivity contribution in [2.45, 2.75) is 39.5 Å². The maximum atomic E-state index is 13.0. The Morgan fingerprint density at radius 1 is 1.17 bits per heavy atom. The zero-order valence-electron chi connectivity index (χ0n) is 10.8. The first-order valence-corrected chi connectivity index (χ1v) is 6.20. The first-order chi connectivity index (χ1) is 8.52. The molecule has 0 N–H and O–H groups in total. The summed E-state index contributed by atoms with van der Waals surface area (Å²) in [5.41, 5.74) is 1.02. The summed E-state index contributed by atoms with van der Waals surface area (Å²) in [5.74, 6) is -1.30. The summed E-state index contributed by atoms with van der Waals surface area (Å²) in [4.78, 5) is 11.5. The topological polar surface area (TPSA) is 17.1 Å². The molecule has 0 aliphatic carbocycles. The molecule has 0 aromatic heterocycles. The highest BCUT2D eigenvalue weighted by atomic mass is 19.1. The van der Waals surface area contributed by atoms with Gasteiger partial charge in [0.05, 0.1) is 0 Å². The lowest BCUT2D eigenvalue weighted by Crippen LogP contribution is -1.97. The van der Waals surface area contributed by atoms with Gasteiger partial charge in [0.1, 0.15) is 11.6 Å². The number of rotatable bonds is 6. The molecule has 0 saturated heterocycles. The van der Waals surface area contributed by atoms with E-state index in [2.05, 4.69) is 6.92 Å². The van der Waals surface area contributed by atoms with Gasteiger partial charge in [0.15, 0.2) is 5.78 Å². The molecule has 0 aliphatic heterocycles. The van der Waals surface area contributed by atoms with Crippen molar-refractivity contribution in [2.75, 3.05) is 0 Å². The molecule has 1 nitrogen and oxygen atoms in total. The molecule has 1 rings (SSSR count). The average Bonchev–Trinajstić information content (AvgIpc) is 2.26. The van der Waals surface area contributed by atoms with E-state index >= 15 is 0 Å².